The molecule has 1 aromatic heterocycles. The van der Waals surface area contributed by atoms with Crippen LogP contribution >= 0.6 is 0 Å². The van der Waals surface area contributed by atoms with Crippen molar-refractivity contribution in [1.29, 1.82) is 0 Å². The molecule has 1 amide bonds. The average Bonchev–Trinajstić information content (AvgIpc) is 2.70. The lowest BCUT2D eigenvalue weighted by molar-refractivity contribution is 0.0898. The van der Waals surface area contributed by atoms with Crippen molar-refractivity contribution in [1.82, 2.24) is 15.1 Å². The molecular formula is C17H29N3O2. The van der Waals surface area contributed by atoms with Gasteiger partial charge in [-0.05, 0) is 25.7 Å². The summed E-state index contributed by atoms with van der Waals surface area (Å²) in [4.78, 5) is 12.6. The highest BCUT2D eigenvalue weighted by Gasteiger charge is 2.26. The molecule has 2 unspecified atom stereocenters. The summed E-state index contributed by atoms with van der Waals surface area (Å²) in [6.45, 7) is 7.19. The number of nitrogens with zero attached hydrogens (tertiary/aromatic N) is 2. The Morgan fingerprint density at radius 3 is 2.82 bits per heavy atom. The number of rotatable bonds is 5. The molecule has 0 saturated heterocycles. The Bertz CT molecular complexity index is 496. The van der Waals surface area contributed by atoms with Gasteiger partial charge in [0.2, 0.25) is 0 Å². The molecular weight excluding hydrogens is 278 g/mol. The van der Waals surface area contributed by atoms with Crippen LogP contribution in [0.15, 0.2) is 6.20 Å². The molecule has 1 aliphatic rings. The van der Waals surface area contributed by atoms with E-state index in [1.807, 2.05) is 11.6 Å². The van der Waals surface area contributed by atoms with E-state index < -0.39 is 0 Å². The van der Waals surface area contributed by atoms with Crippen LogP contribution in [-0.2, 0) is 6.54 Å². The molecule has 2 atom stereocenters. The molecule has 1 saturated carbocycles. The fourth-order valence-corrected chi connectivity index (χ4v) is 3.24. The van der Waals surface area contributed by atoms with Gasteiger partial charge in [-0.2, -0.15) is 5.10 Å². The quantitative estimate of drug-likeness (QED) is 0.821. The molecule has 0 aromatic carbocycles. The predicted molar refractivity (Wildman–Crippen MR) is 86.7 cm³/mol. The second-order valence-corrected chi connectivity index (χ2v) is 6.88. The second-order valence-electron chi connectivity index (χ2n) is 6.88. The van der Waals surface area contributed by atoms with Crippen molar-refractivity contribution in [2.24, 2.45) is 11.8 Å². The smallest absolute Gasteiger partial charge is 0.254 e. The number of hydrogen-bond acceptors (Lipinski definition) is 3. The van der Waals surface area contributed by atoms with Crippen LogP contribution in [0.3, 0.4) is 0 Å². The topological polar surface area (TPSA) is 67.2 Å². The van der Waals surface area contributed by atoms with Crippen molar-refractivity contribution in [2.45, 2.75) is 65.5 Å². The second kappa shape index (κ2) is 7.77. The molecule has 0 radical (unpaired) electrons. The van der Waals surface area contributed by atoms with Gasteiger partial charge in [-0.15, -0.1) is 0 Å². The molecule has 1 aliphatic carbocycles. The van der Waals surface area contributed by atoms with E-state index in [4.69, 9.17) is 0 Å². The number of nitrogens with one attached hydrogen (secondary N) is 1. The molecule has 1 heterocycles. The first-order chi connectivity index (χ1) is 10.5. The largest absolute Gasteiger partial charge is 0.396 e. The van der Waals surface area contributed by atoms with E-state index in [2.05, 4.69) is 24.3 Å². The SMILES string of the molecule is Cc1c(C(=O)NC2CCCCCC2CO)cnn1CC(C)C. The van der Waals surface area contributed by atoms with Crippen molar-refractivity contribution >= 4 is 5.91 Å². The third-order valence-corrected chi connectivity index (χ3v) is 4.60. The zero-order valence-corrected chi connectivity index (χ0v) is 14.0. The third kappa shape index (κ3) is 4.09. The molecule has 5 nitrogen and oxygen atoms in total. The predicted octanol–water partition coefficient (Wildman–Crippen LogP) is 2.52. The van der Waals surface area contributed by atoms with Gasteiger partial charge < -0.3 is 10.4 Å². The van der Waals surface area contributed by atoms with E-state index in [1.54, 1.807) is 6.20 Å². The molecule has 124 valence electrons. The maximum absolute atomic E-state index is 12.6. The van der Waals surface area contributed by atoms with Gasteiger partial charge in [0.05, 0.1) is 11.8 Å². The van der Waals surface area contributed by atoms with Gasteiger partial charge in [0.25, 0.3) is 5.91 Å². The number of carbonyl (C=O) groups excluding carboxylic acids is 1. The van der Waals surface area contributed by atoms with E-state index in [-0.39, 0.29) is 24.5 Å². The van der Waals surface area contributed by atoms with E-state index in [1.165, 1.54) is 6.42 Å². The van der Waals surface area contributed by atoms with Crippen LogP contribution in [0.4, 0.5) is 0 Å². The van der Waals surface area contributed by atoms with E-state index in [9.17, 15) is 9.90 Å². The fraction of sp³-hybridized carbons (Fsp3) is 0.765. The minimum Gasteiger partial charge on any atom is -0.396 e. The first-order valence-corrected chi connectivity index (χ1v) is 8.47. The molecule has 5 heteroatoms. The Balaban J connectivity index is 2.06. The minimum absolute atomic E-state index is 0.0575. The number of aliphatic hydroxyl groups is 1. The van der Waals surface area contributed by atoms with Gasteiger partial charge in [-0.25, -0.2) is 0 Å². The molecule has 2 rings (SSSR count). The van der Waals surface area contributed by atoms with Gasteiger partial charge in [0.1, 0.15) is 0 Å². The zero-order chi connectivity index (χ0) is 16.1. The molecule has 1 aromatic rings. The standard InChI is InChI=1S/C17H29N3O2/c1-12(2)10-20-13(3)15(9-18-20)17(22)19-16-8-6-4-5-7-14(16)11-21/h9,12,14,16,21H,4-8,10-11H2,1-3H3,(H,19,22). The van der Waals surface area contributed by atoms with Crippen molar-refractivity contribution in [3.05, 3.63) is 17.5 Å². The van der Waals surface area contributed by atoms with Crippen LogP contribution in [0.1, 0.15) is 62.0 Å². The lowest BCUT2D eigenvalue weighted by Gasteiger charge is -2.24. The van der Waals surface area contributed by atoms with Gasteiger partial charge in [-0.1, -0.05) is 33.1 Å². The Morgan fingerprint density at radius 2 is 2.14 bits per heavy atom. The normalized spacial score (nSPS) is 22.6. The number of carbonyl (C=O) groups is 1. The van der Waals surface area contributed by atoms with E-state index in [0.29, 0.717) is 11.5 Å². The maximum Gasteiger partial charge on any atom is 0.254 e. The average molecular weight is 307 g/mol. The molecule has 1 fully saturated rings. The molecule has 0 bridgehead atoms. The fourth-order valence-electron chi connectivity index (χ4n) is 3.24. The van der Waals surface area contributed by atoms with Gasteiger partial charge in [0, 0.05) is 30.8 Å². The van der Waals surface area contributed by atoms with Crippen molar-refractivity contribution in [3.63, 3.8) is 0 Å². The monoisotopic (exact) mass is 307 g/mol. The Kier molecular flexibility index (Phi) is 6.00. The van der Waals surface area contributed by atoms with Gasteiger partial charge in [0.15, 0.2) is 0 Å². The zero-order valence-electron chi connectivity index (χ0n) is 14.0. The minimum atomic E-state index is -0.0575. The van der Waals surface area contributed by atoms with Crippen LogP contribution in [0, 0.1) is 18.8 Å². The maximum atomic E-state index is 12.6. The Hall–Kier alpha value is -1.36. The van der Waals surface area contributed by atoms with Crippen LogP contribution in [0.5, 0.6) is 0 Å². The lowest BCUT2D eigenvalue weighted by Crippen LogP contribution is -2.41. The van der Waals surface area contributed by atoms with Gasteiger partial charge >= 0.3 is 0 Å². The summed E-state index contributed by atoms with van der Waals surface area (Å²) >= 11 is 0. The highest BCUT2D eigenvalue weighted by Crippen LogP contribution is 2.23. The summed E-state index contributed by atoms with van der Waals surface area (Å²) in [5.74, 6) is 0.616. The van der Waals surface area contributed by atoms with Crippen molar-refractivity contribution in [2.75, 3.05) is 6.61 Å². The molecule has 0 aliphatic heterocycles. The number of aliphatic hydroxyl groups excluding tert-OH is 1. The van der Waals surface area contributed by atoms with Crippen LogP contribution in [0.2, 0.25) is 0 Å². The number of amides is 1. The Morgan fingerprint density at radius 1 is 1.41 bits per heavy atom. The van der Waals surface area contributed by atoms with Crippen LogP contribution < -0.4 is 5.32 Å². The summed E-state index contributed by atoms with van der Waals surface area (Å²) in [5.41, 5.74) is 1.57. The summed E-state index contributed by atoms with van der Waals surface area (Å²) < 4.78 is 1.90. The summed E-state index contributed by atoms with van der Waals surface area (Å²) in [6, 6.07) is 0.0767. The first kappa shape index (κ1) is 17.0. The number of aromatic nitrogens is 2. The summed E-state index contributed by atoms with van der Waals surface area (Å²) in [6.07, 6.45) is 7.06. The third-order valence-electron chi connectivity index (χ3n) is 4.60. The van der Waals surface area contributed by atoms with E-state index in [0.717, 1.165) is 37.9 Å². The molecule has 0 spiro atoms. The summed E-state index contributed by atoms with van der Waals surface area (Å²) in [5, 5.41) is 17.0. The van der Waals surface area contributed by atoms with Gasteiger partial charge in [-0.3, -0.25) is 9.48 Å². The van der Waals surface area contributed by atoms with Crippen LogP contribution in [-0.4, -0.2) is 33.4 Å². The first-order valence-electron chi connectivity index (χ1n) is 8.47. The van der Waals surface area contributed by atoms with E-state index >= 15 is 0 Å². The Labute approximate surface area is 133 Å². The van der Waals surface area contributed by atoms with Crippen molar-refractivity contribution in [3.8, 4) is 0 Å². The van der Waals surface area contributed by atoms with Crippen molar-refractivity contribution < 1.29 is 9.90 Å². The van der Waals surface area contributed by atoms with Crippen LogP contribution in [0.25, 0.3) is 0 Å². The lowest BCUT2D eigenvalue weighted by atomic mass is 9.95. The molecule has 22 heavy (non-hydrogen) atoms. The summed E-state index contributed by atoms with van der Waals surface area (Å²) in [7, 11) is 0. The number of hydrogen-bond donors (Lipinski definition) is 2. The molecule has 2 N–H and O–H groups in total. The highest BCUT2D eigenvalue weighted by atomic mass is 16.3. The highest BCUT2D eigenvalue weighted by molar-refractivity contribution is 5.95.